The molecule has 0 saturated carbocycles. The van der Waals surface area contributed by atoms with Crippen LogP contribution in [0.2, 0.25) is 0 Å². The van der Waals surface area contributed by atoms with Gasteiger partial charge in [0, 0.05) is 24.3 Å². The maximum absolute atomic E-state index is 4.56. The second kappa shape index (κ2) is 7.68. The molecular formula is C16H31N3. The molecule has 0 amide bonds. The van der Waals surface area contributed by atoms with Crippen LogP contribution in [0, 0.1) is 19.8 Å². The Hall–Kier alpha value is -0.830. The van der Waals surface area contributed by atoms with E-state index in [0.29, 0.717) is 6.04 Å². The van der Waals surface area contributed by atoms with Gasteiger partial charge in [0.05, 0.1) is 5.69 Å². The van der Waals surface area contributed by atoms with Gasteiger partial charge in [0.25, 0.3) is 0 Å². The van der Waals surface area contributed by atoms with E-state index in [9.17, 15) is 0 Å². The van der Waals surface area contributed by atoms with E-state index in [-0.39, 0.29) is 0 Å². The predicted molar refractivity (Wildman–Crippen MR) is 82.4 cm³/mol. The molecule has 0 bridgehead atoms. The van der Waals surface area contributed by atoms with E-state index in [4.69, 9.17) is 0 Å². The molecule has 0 aliphatic rings. The third-order valence-corrected chi connectivity index (χ3v) is 3.83. The first-order chi connectivity index (χ1) is 8.97. The number of rotatable bonds is 8. The van der Waals surface area contributed by atoms with Gasteiger partial charge in [-0.3, -0.25) is 4.68 Å². The summed E-state index contributed by atoms with van der Waals surface area (Å²) < 4.78 is 2.01. The molecule has 1 aromatic rings. The average Bonchev–Trinajstić information content (AvgIpc) is 2.58. The van der Waals surface area contributed by atoms with E-state index in [2.05, 4.69) is 45.0 Å². The summed E-state index contributed by atoms with van der Waals surface area (Å²) in [5.74, 6) is 0.794. The zero-order valence-corrected chi connectivity index (χ0v) is 13.6. The second-order valence-electron chi connectivity index (χ2n) is 6.04. The molecule has 1 atom stereocenters. The molecule has 0 aromatic carbocycles. The molecule has 3 heteroatoms. The van der Waals surface area contributed by atoms with E-state index in [1.165, 1.54) is 42.6 Å². The van der Waals surface area contributed by atoms with Crippen molar-refractivity contribution in [2.24, 2.45) is 13.0 Å². The summed E-state index contributed by atoms with van der Waals surface area (Å²) in [6.45, 7) is 12.2. The average molecular weight is 265 g/mol. The molecule has 0 saturated heterocycles. The van der Waals surface area contributed by atoms with Crippen molar-refractivity contribution in [2.75, 3.05) is 6.54 Å². The van der Waals surface area contributed by atoms with E-state index in [1.54, 1.807) is 0 Å². The maximum atomic E-state index is 4.56. The van der Waals surface area contributed by atoms with Gasteiger partial charge < -0.3 is 5.32 Å². The van der Waals surface area contributed by atoms with Gasteiger partial charge >= 0.3 is 0 Å². The van der Waals surface area contributed by atoms with Crippen LogP contribution < -0.4 is 5.32 Å². The molecule has 1 unspecified atom stereocenters. The number of aromatic nitrogens is 2. The van der Waals surface area contributed by atoms with Crippen LogP contribution in [0.1, 0.15) is 69.4 Å². The number of hydrogen-bond donors (Lipinski definition) is 1. The highest BCUT2D eigenvalue weighted by Crippen LogP contribution is 2.26. The fraction of sp³-hybridized carbons (Fsp3) is 0.812. The Balaban J connectivity index is 2.77. The van der Waals surface area contributed by atoms with Gasteiger partial charge in [-0.15, -0.1) is 0 Å². The predicted octanol–water partition coefficient (Wildman–Crippen LogP) is 3.90. The molecule has 0 fully saturated rings. The minimum atomic E-state index is 0.465. The van der Waals surface area contributed by atoms with Gasteiger partial charge in [-0.05, 0) is 39.2 Å². The first kappa shape index (κ1) is 16.2. The van der Waals surface area contributed by atoms with Crippen molar-refractivity contribution >= 4 is 0 Å². The molecule has 1 aromatic heterocycles. The lowest BCUT2D eigenvalue weighted by Gasteiger charge is -2.20. The van der Waals surface area contributed by atoms with Gasteiger partial charge in [-0.25, -0.2) is 0 Å². The minimum Gasteiger partial charge on any atom is -0.310 e. The van der Waals surface area contributed by atoms with Gasteiger partial charge in [0.15, 0.2) is 0 Å². The zero-order chi connectivity index (χ0) is 14.4. The van der Waals surface area contributed by atoms with E-state index >= 15 is 0 Å². The zero-order valence-electron chi connectivity index (χ0n) is 13.6. The van der Waals surface area contributed by atoms with Crippen LogP contribution >= 0.6 is 0 Å². The fourth-order valence-electron chi connectivity index (χ4n) is 2.69. The number of nitrogens with one attached hydrogen (secondary N) is 1. The van der Waals surface area contributed by atoms with Crippen LogP contribution in [0.3, 0.4) is 0 Å². The van der Waals surface area contributed by atoms with Crippen LogP contribution in [-0.4, -0.2) is 16.3 Å². The van der Waals surface area contributed by atoms with Crippen LogP contribution in [-0.2, 0) is 7.05 Å². The Morgan fingerprint density at radius 3 is 2.37 bits per heavy atom. The molecule has 0 spiro atoms. The first-order valence-corrected chi connectivity index (χ1v) is 7.70. The normalized spacial score (nSPS) is 13.2. The Labute approximate surface area is 118 Å². The molecular weight excluding hydrogens is 234 g/mol. The fourth-order valence-corrected chi connectivity index (χ4v) is 2.69. The first-order valence-electron chi connectivity index (χ1n) is 7.70. The summed E-state index contributed by atoms with van der Waals surface area (Å²) in [5, 5.41) is 8.26. The van der Waals surface area contributed by atoms with Crippen LogP contribution in [0.4, 0.5) is 0 Å². The molecule has 0 aliphatic heterocycles. The molecule has 110 valence electrons. The Kier molecular flexibility index (Phi) is 6.56. The third kappa shape index (κ3) is 4.64. The molecule has 0 radical (unpaired) electrons. The molecule has 0 aliphatic carbocycles. The summed E-state index contributed by atoms with van der Waals surface area (Å²) in [5.41, 5.74) is 3.90. The monoisotopic (exact) mass is 265 g/mol. The molecule has 1 rings (SSSR count). The van der Waals surface area contributed by atoms with Crippen molar-refractivity contribution in [3.63, 3.8) is 0 Å². The molecule has 1 heterocycles. The van der Waals surface area contributed by atoms with Gasteiger partial charge in [0.2, 0.25) is 0 Å². The largest absolute Gasteiger partial charge is 0.310 e. The van der Waals surface area contributed by atoms with E-state index < -0.39 is 0 Å². The second-order valence-corrected chi connectivity index (χ2v) is 6.04. The summed E-state index contributed by atoms with van der Waals surface area (Å²) in [6, 6.07) is 0.465. The van der Waals surface area contributed by atoms with Gasteiger partial charge in [0.1, 0.15) is 0 Å². The topological polar surface area (TPSA) is 29.9 Å². The van der Waals surface area contributed by atoms with Crippen LogP contribution in [0.5, 0.6) is 0 Å². The Morgan fingerprint density at radius 1 is 1.21 bits per heavy atom. The lowest BCUT2D eigenvalue weighted by molar-refractivity contribution is 0.445. The van der Waals surface area contributed by atoms with Crippen molar-refractivity contribution in [3.8, 4) is 0 Å². The lowest BCUT2D eigenvalue weighted by Crippen LogP contribution is -2.23. The Bertz CT molecular complexity index is 380. The summed E-state index contributed by atoms with van der Waals surface area (Å²) in [6.07, 6.45) is 4.99. The van der Waals surface area contributed by atoms with Crippen molar-refractivity contribution in [2.45, 2.75) is 66.3 Å². The summed E-state index contributed by atoms with van der Waals surface area (Å²) in [7, 11) is 2.04. The van der Waals surface area contributed by atoms with E-state index in [0.717, 1.165) is 12.5 Å². The van der Waals surface area contributed by atoms with Crippen molar-refractivity contribution in [3.05, 3.63) is 17.0 Å². The van der Waals surface area contributed by atoms with Crippen molar-refractivity contribution in [1.29, 1.82) is 0 Å². The minimum absolute atomic E-state index is 0.465. The molecule has 19 heavy (non-hydrogen) atoms. The standard InChI is InChI=1S/C16H31N3/c1-7-11-17-15(10-8-9-12(2)3)16-13(4)18-19(6)14(16)5/h12,15,17H,7-11H2,1-6H3. The highest BCUT2D eigenvalue weighted by atomic mass is 15.3. The van der Waals surface area contributed by atoms with Crippen LogP contribution in [0.15, 0.2) is 0 Å². The summed E-state index contributed by atoms with van der Waals surface area (Å²) in [4.78, 5) is 0. The van der Waals surface area contributed by atoms with Crippen molar-refractivity contribution < 1.29 is 0 Å². The smallest absolute Gasteiger partial charge is 0.0644 e. The highest BCUT2D eigenvalue weighted by Gasteiger charge is 2.19. The van der Waals surface area contributed by atoms with Gasteiger partial charge in [-0.1, -0.05) is 33.6 Å². The van der Waals surface area contributed by atoms with Crippen molar-refractivity contribution in [1.82, 2.24) is 15.1 Å². The summed E-state index contributed by atoms with van der Waals surface area (Å²) >= 11 is 0. The quantitative estimate of drug-likeness (QED) is 0.772. The SMILES string of the molecule is CCCNC(CCCC(C)C)c1c(C)nn(C)c1C. The lowest BCUT2D eigenvalue weighted by atomic mass is 9.96. The third-order valence-electron chi connectivity index (χ3n) is 3.83. The molecule has 1 N–H and O–H groups in total. The molecule has 3 nitrogen and oxygen atoms in total. The van der Waals surface area contributed by atoms with Crippen LogP contribution in [0.25, 0.3) is 0 Å². The Morgan fingerprint density at radius 2 is 1.89 bits per heavy atom. The maximum Gasteiger partial charge on any atom is 0.0644 e. The number of nitrogens with zero attached hydrogens (tertiary/aromatic N) is 2. The van der Waals surface area contributed by atoms with E-state index in [1.807, 2.05) is 11.7 Å². The van der Waals surface area contributed by atoms with Gasteiger partial charge in [-0.2, -0.15) is 5.10 Å². The highest BCUT2D eigenvalue weighted by molar-refractivity contribution is 5.28. The number of aryl methyl sites for hydroxylation is 2. The number of hydrogen-bond acceptors (Lipinski definition) is 2.